The maximum Gasteiger partial charge on any atom is 0.262 e. The van der Waals surface area contributed by atoms with Crippen molar-refractivity contribution in [1.29, 1.82) is 0 Å². The van der Waals surface area contributed by atoms with Gasteiger partial charge in [0.05, 0.1) is 11.1 Å². The number of ether oxygens (including phenoxy) is 2. The molecule has 0 saturated heterocycles. The standard InChI is InChI=1S/C35H41BrN2O5/c1-8-42-28-14-21(13-22(36)33(28)43-19-29(41)37-23-12-10-9-11-20(23)2)30-31-24(15-34(3,4)17-26(31)39)38(7)25-16-35(5,6)18-27(40)32(25)30/h9-14,30H,8,15-19H2,1-7H3,(H,37,41). The number of nitrogens with one attached hydrogen (secondary N) is 1. The molecule has 0 bridgehead atoms. The minimum Gasteiger partial charge on any atom is -0.490 e. The molecule has 0 atom stereocenters. The van der Waals surface area contributed by atoms with Crippen LogP contribution >= 0.6 is 15.9 Å². The van der Waals surface area contributed by atoms with Crippen molar-refractivity contribution in [3.63, 3.8) is 0 Å². The van der Waals surface area contributed by atoms with Gasteiger partial charge in [0.2, 0.25) is 0 Å². The predicted octanol–water partition coefficient (Wildman–Crippen LogP) is 7.49. The molecule has 2 aliphatic carbocycles. The van der Waals surface area contributed by atoms with Gasteiger partial charge in [0.15, 0.2) is 29.7 Å². The molecule has 8 heteroatoms. The number of benzene rings is 2. The Kier molecular flexibility index (Phi) is 8.38. The van der Waals surface area contributed by atoms with Gasteiger partial charge in [0.1, 0.15) is 0 Å². The Bertz CT molecular complexity index is 1510. The summed E-state index contributed by atoms with van der Waals surface area (Å²) in [7, 11) is 2.00. The molecule has 2 aromatic rings. The highest BCUT2D eigenvalue weighted by Gasteiger charge is 2.48. The van der Waals surface area contributed by atoms with Crippen LogP contribution in [0.4, 0.5) is 5.69 Å². The van der Waals surface area contributed by atoms with Crippen molar-refractivity contribution >= 4 is 39.1 Å². The smallest absolute Gasteiger partial charge is 0.262 e. The lowest BCUT2D eigenvalue weighted by Gasteiger charge is -2.48. The van der Waals surface area contributed by atoms with Crippen LogP contribution in [0.25, 0.3) is 0 Å². The summed E-state index contributed by atoms with van der Waals surface area (Å²) in [4.78, 5) is 42.6. The third-order valence-corrected chi connectivity index (χ3v) is 9.20. The monoisotopic (exact) mass is 648 g/mol. The molecule has 2 aromatic carbocycles. The molecule has 0 radical (unpaired) electrons. The van der Waals surface area contributed by atoms with Gasteiger partial charge in [-0.3, -0.25) is 14.4 Å². The molecule has 1 amide bonds. The Hall–Kier alpha value is -3.39. The third kappa shape index (κ3) is 6.17. The summed E-state index contributed by atoms with van der Waals surface area (Å²) >= 11 is 3.67. The Balaban J connectivity index is 1.55. The van der Waals surface area contributed by atoms with E-state index in [1.165, 1.54) is 0 Å². The van der Waals surface area contributed by atoms with Gasteiger partial charge >= 0.3 is 0 Å². The van der Waals surface area contributed by atoms with Gasteiger partial charge in [0, 0.05) is 54.0 Å². The summed E-state index contributed by atoms with van der Waals surface area (Å²) in [5.74, 6) is 0.213. The number of hydrogen-bond acceptors (Lipinski definition) is 6. The van der Waals surface area contributed by atoms with E-state index in [-0.39, 0.29) is 34.9 Å². The van der Waals surface area contributed by atoms with E-state index in [4.69, 9.17) is 9.47 Å². The van der Waals surface area contributed by atoms with Crippen LogP contribution in [0.15, 0.2) is 63.4 Å². The van der Waals surface area contributed by atoms with Crippen molar-refractivity contribution in [2.45, 2.75) is 73.1 Å². The zero-order chi connectivity index (χ0) is 31.3. The molecule has 1 heterocycles. The summed E-state index contributed by atoms with van der Waals surface area (Å²) < 4.78 is 12.6. The number of Topliss-reactive ketones (excluding diaryl/α,β-unsaturated/α-hetero) is 2. The van der Waals surface area contributed by atoms with E-state index in [0.29, 0.717) is 46.6 Å². The molecule has 0 saturated carbocycles. The maximum absolute atomic E-state index is 13.9. The molecule has 7 nitrogen and oxygen atoms in total. The Morgan fingerprint density at radius 2 is 1.53 bits per heavy atom. The number of hydrogen-bond donors (Lipinski definition) is 1. The number of carbonyl (C=O) groups is 3. The van der Waals surface area contributed by atoms with Crippen LogP contribution in [0.5, 0.6) is 11.5 Å². The molecule has 43 heavy (non-hydrogen) atoms. The highest BCUT2D eigenvalue weighted by atomic mass is 79.9. The molecular weight excluding hydrogens is 608 g/mol. The number of halogens is 1. The van der Waals surface area contributed by atoms with Crippen LogP contribution in [0.1, 0.15) is 77.3 Å². The lowest BCUT2D eigenvalue weighted by molar-refractivity contribution is -0.120. The van der Waals surface area contributed by atoms with E-state index < -0.39 is 5.92 Å². The number of para-hydroxylation sites is 1. The SMILES string of the molecule is CCOc1cc(C2C3=C(CC(C)(C)CC3=O)N(C)C3=C2C(=O)CC(C)(C)C3)cc(Br)c1OCC(=O)Nc1ccccc1C. The third-order valence-electron chi connectivity index (χ3n) is 8.61. The topological polar surface area (TPSA) is 84.9 Å². The number of rotatable bonds is 7. The van der Waals surface area contributed by atoms with Gasteiger partial charge in [-0.05, 0) is 82.8 Å². The number of aryl methyl sites for hydroxylation is 1. The molecule has 228 valence electrons. The zero-order valence-electron chi connectivity index (χ0n) is 26.2. The number of nitrogens with zero attached hydrogens (tertiary/aromatic N) is 1. The Morgan fingerprint density at radius 1 is 0.953 bits per heavy atom. The second-order valence-corrected chi connectivity index (χ2v) is 14.4. The first kappa shape index (κ1) is 31.0. The highest BCUT2D eigenvalue weighted by molar-refractivity contribution is 9.10. The molecule has 1 aliphatic heterocycles. The van der Waals surface area contributed by atoms with Crippen molar-refractivity contribution in [3.05, 3.63) is 74.5 Å². The Labute approximate surface area is 262 Å². The summed E-state index contributed by atoms with van der Waals surface area (Å²) in [5.41, 5.74) is 5.54. The van der Waals surface area contributed by atoms with Crippen molar-refractivity contribution < 1.29 is 23.9 Å². The first-order valence-corrected chi connectivity index (χ1v) is 15.7. The summed E-state index contributed by atoms with van der Waals surface area (Å²) in [6.07, 6.45) is 2.36. The van der Waals surface area contributed by atoms with E-state index in [2.05, 4.69) is 53.8 Å². The predicted molar refractivity (Wildman–Crippen MR) is 171 cm³/mol. The first-order chi connectivity index (χ1) is 20.2. The van der Waals surface area contributed by atoms with E-state index in [1.54, 1.807) is 0 Å². The summed E-state index contributed by atoms with van der Waals surface area (Å²) in [5, 5.41) is 2.89. The van der Waals surface area contributed by atoms with Gasteiger partial charge < -0.3 is 19.7 Å². The number of amides is 1. The van der Waals surface area contributed by atoms with Gasteiger partial charge in [0.25, 0.3) is 5.91 Å². The first-order valence-electron chi connectivity index (χ1n) is 14.9. The lowest BCUT2D eigenvalue weighted by Crippen LogP contribution is -2.43. The second-order valence-electron chi connectivity index (χ2n) is 13.5. The van der Waals surface area contributed by atoms with Crippen LogP contribution < -0.4 is 14.8 Å². The minimum atomic E-state index is -0.498. The second kappa shape index (κ2) is 11.6. The largest absolute Gasteiger partial charge is 0.490 e. The average molecular weight is 650 g/mol. The molecule has 0 unspecified atom stereocenters. The number of allylic oxidation sites excluding steroid dienone is 4. The van der Waals surface area contributed by atoms with Gasteiger partial charge in [-0.1, -0.05) is 45.9 Å². The lowest BCUT2D eigenvalue weighted by atomic mass is 9.64. The van der Waals surface area contributed by atoms with Crippen LogP contribution in [0, 0.1) is 17.8 Å². The molecule has 1 N–H and O–H groups in total. The van der Waals surface area contributed by atoms with E-state index >= 15 is 0 Å². The fraction of sp³-hybridized carbons (Fsp3) is 0.457. The molecule has 5 rings (SSSR count). The molecule has 0 fully saturated rings. The van der Waals surface area contributed by atoms with Gasteiger partial charge in [-0.25, -0.2) is 0 Å². The normalized spacial score (nSPS) is 19.7. The van der Waals surface area contributed by atoms with Crippen LogP contribution in [-0.4, -0.2) is 42.6 Å². The van der Waals surface area contributed by atoms with Crippen LogP contribution in [-0.2, 0) is 14.4 Å². The van der Waals surface area contributed by atoms with E-state index in [1.807, 2.05) is 57.3 Å². The maximum atomic E-state index is 13.9. The van der Waals surface area contributed by atoms with Crippen molar-refractivity contribution in [2.75, 3.05) is 25.6 Å². The van der Waals surface area contributed by atoms with Crippen molar-refractivity contribution in [3.8, 4) is 11.5 Å². The van der Waals surface area contributed by atoms with E-state index in [0.717, 1.165) is 41.1 Å². The molecular formula is C35H41BrN2O5. The fourth-order valence-corrected chi connectivity index (χ4v) is 7.27. The van der Waals surface area contributed by atoms with Gasteiger partial charge in [-0.2, -0.15) is 0 Å². The molecule has 0 aromatic heterocycles. The van der Waals surface area contributed by atoms with Crippen molar-refractivity contribution in [1.82, 2.24) is 4.90 Å². The number of anilines is 1. The molecule has 0 spiro atoms. The van der Waals surface area contributed by atoms with Gasteiger partial charge in [-0.15, -0.1) is 0 Å². The Morgan fingerprint density at radius 3 is 2.09 bits per heavy atom. The summed E-state index contributed by atoms with van der Waals surface area (Å²) in [6, 6.07) is 11.3. The zero-order valence-corrected chi connectivity index (χ0v) is 27.7. The quantitative estimate of drug-likeness (QED) is 0.335. The number of carbonyl (C=O) groups excluding carboxylic acids is 3. The minimum absolute atomic E-state index is 0.0783. The fourth-order valence-electron chi connectivity index (χ4n) is 6.69. The summed E-state index contributed by atoms with van der Waals surface area (Å²) in [6.45, 7) is 12.5. The average Bonchev–Trinajstić information content (AvgIpc) is 2.89. The van der Waals surface area contributed by atoms with Crippen LogP contribution in [0.2, 0.25) is 0 Å². The van der Waals surface area contributed by atoms with E-state index in [9.17, 15) is 14.4 Å². The van der Waals surface area contributed by atoms with Crippen molar-refractivity contribution in [2.24, 2.45) is 10.8 Å². The number of ketones is 2. The highest BCUT2D eigenvalue weighted by Crippen LogP contribution is 2.55. The molecule has 3 aliphatic rings. The van der Waals surface area contributed by atoms with Crippen LogP contribution in [0.3, 0.4) is 0 Å².